The van der Waals surface area contributed by atoms with Crippen LogP contribution in [0.1, 0.15) is 134 Å². The number of rotatable bonds is 9. The fourth-order valence-electron chi connectivity index (χ4n) is 13.1. The van der Waals surface area contributed by atoms with Crippen molar-refractivity contribution in [2.45, 2.75) is 132 Å². The number of aliphatic hydroxyl groups is 1. The van der Waals surface area contributed by atoms with Crippen LogP contribution in [0.3, 0.4) is 0 Å². The Labute approximate surface area is 316 Å². The Hall–Kier alpha value is -3.59. The smallest absolute Gasteiger partial charge is 0.251 e. The van der Waals surface area contributed by atoms with Gasteiger partial charge in [0.2, 0.25) is 11.7 Å². The molecule has 3 aromatic rings. The molecular formula is C44H62N6O3. The summed E-state index contributed by atoms with van der Waals surface area (Å²) in [6.45, 7) is 17.8. The van der Waals surface area contributed by atoms with Crippen LogP contribution in [0.2, 0.25) is 0 Å². The second-order valence-electron chi connectivity index (χ2n) is 18.7. The molecule has 0 radical (unpaired) electrons. The standard InChI is InChI=1S/C44H62N6O3/c1-8-19-44(23-22-42(6)33(28(44)2)15-16-35-41(5)20-18-36(51)40(3,4)34(41)17-21-43(35,42)7)39(53)46-27-30-12-10-14-32(25-30)38(52)45-26-29-11-9-13-31(24-29)37-47-49-50-48-37/h9-14,24-25,28,33-36,51H,8,15-23,26-27H2,1-7H3,(H,45,52)(H,46,53)(H,47,48,49,50)/t28?,33?,34?,35?,36?,41?,42-,43?,44?/m1/s1. The fourth-order valence-corrected chi connectivity index (χ4v) is 13.1. The van der Waals surface area contributed by atoms with Gasteiger partial charge in [-0.05, 0) is 138 Å². The lowest BCUT2D eigenvalue weighted by Gasteiger charge is -2.72. The van der Waals surface area contributed by atoms with E-state index >= 15 is 0 Å². The Balaban J connectivity index is 1.03. The van der Waals surface area contributed by atoms with Gasteiger partial charge in [0.25, 0.3) is 5.91 Å². The monoisotopic (exact) mass is 722 g/mol. The molecule has 2 aromatic carbocycles. The normalized spacial score (nSPS) is 36.0. The topological polar surface area (TPSA) is 133 Å². The molecular weight excluding hydrogens is 661 g/mol. The van der Waals surface area contributed by atoms with Crippen molar-refractivity contribution < 1.29 is 14.7 Å². The van der Waals surface area contributed by atoms with Crippen LogP contribution in [-0.2, 0) is 17.9 Å². The zero-order valence-electron chi connectivity index (χ0n) is 33.1. The van der Waals surface area contributed by atoms with E-state index in [1.165, 1.54) is 25.7 Å². The van der Waals surface area contributed by atoms with E-state index in [1.807, 2.05) is 48.5 Å². The van der Waals surface area contributed by atoms with Crippen molar-refractivity contribution in [3.05, 3.63) is 65.2 Å². The minimum Gasteiger partial charge on any atom is -0.393 e. The predicted molar refractivity (Wildman–Crippen MR) is 207 cm³/mol. The molecule has 9 nitrogen and oxygen atoms in total. The van der Waals surface area contributed by atoms with Crippen molar-refractivity contribution in [1.29, 1.82) is 0 Å². The lowest BCUT2D eigenvalue weighted by Crippen LogP contribution is -2.67. The molecule has 7 rings (SSSR count). The maximum Gasteiger partial charge on any atom is 0.251 e. The molecule has 0 bridgehead atoms. The third kappa shape index (κ3) is 6.13. The van der Waals surface area contributed by atoms with Gasteiger partial charge in [-0.3, -0.25) is 9.59 Å². The number of carbonyl (C=O) groups is 2. The molecule has 9 atom stereocenters. The number of aromatic nitrogens is 4. The van der Waals surface area contributed by atoms with Crippen molar-refractivity contribution in [3.8, 4) is 11.4 Å². The molecule has 1 heterocycles. The number of benzene rings is 2. The Bertz CT molecular complexity index is 1810. The van der Waals surface area contributed by atoms with Crippen molar-refractivity contribution >= 4 is 11.8 Å². The van der Waals surface area contributed by atoms with E-state index in [2.05, 4.69) is 79.7 Å². The van der Waals surface area contributed by atoms with Gasteiger partial charge in [-0.25, -0.2) is 0 Å². The Kier molecular flexibility index (Phi) is 9.91. The van der Waals surface area contributed by atoms with Gasteiger partial charge in [0.15, 0.2) is 0 Å². The third-order valence-corrected chi connectivity index (χ3v) is 16.3. The minimum atomic E-state index is -0.398. The van der Waals surface area contributed by atoms with Gasteiger partial charge in [0, 0.05) is 24.2 Å². The number of hydrogen-bond acceptors (Lipinski definition) is 6. The second-order valence-corrected chi connectivity index (χ2v) is 18.7. The molecule has 4 fully saturated rings. The molecule has 4 saturated carbocycles. The highest BCUT2D eigenvalue weighted by atomic mass is 16.3. The summed E-state index contributed by atoms with van der Waals surface area (Å²) in [6.07, 6.45) is 10.5. The molecule has 2 amide bonds. The summed E-state index contributed by atoms with van der Waals surface area (Å²) in [7, 11) is 0. The summed E-state index contributed by atoms with van der Waals surface area (Å²) < 4.78 is 0. The number of aromatic amines is 1. The van der Waals surface area contributed by atoms with Crippen LogP contribution in [0, 0.1) is 50.7 Å². The quantitative estimate of drug-likeness (QED) is 0.176. The van der Waals surface area contributed by atoms with Crippen LogP contribution >= 0.6 is 0 Å². The molecule has 4 aliphatic rings. The highest BCUT2D eigenvalue weighted by molar-refractivity contribution is 5.94. The Morgan fingerprint density at radius 2 is 1.58 bits per heavy atom. The lowest BCUT2D eigenvalue weighted by atomic mass is 9.32. The number of carbonyl (C=O) groups excluding carboxylic acids is 2. The number of amides is 2. The van der Waals surface area contributed by atoms with Crippen LogP contribution in [0.4, 0.5) is 0 Å². The Morgan fingerprint density at radius 1 is 0.849 bits per heavy atom. The van der Waals surface area contributed by atoms with Crippen molar-refractivity contribution in [2.75, 3.05) is 0 Å². The Morgan fingerprint density at radius 3 is 2.32 bits per heavy atom. The number of fused-ring (bicyclic) bond motifs is 5. The number of nitrogens with one attached hydrogen (secondary N) is 3. The van der Waals surface area contributed by atoms with Gasteiger partial charge < -0.3 is 15.7 Å². The van der Waals surface area contributed by atoms with Gasteiger partial charge in [-0.1, -0.05) is 85.2 Å². The largest absolute Gasteiger partial charge is 0.393 e. The van der Waals surface area contributed by atoms with Crippen molar-refractivity contribution in [1.82, 2.24) is 31.3 Å². The lowest BCUT2D eigenvalue weighted by molar-refractivity contribution is -0.246. The molecule has 1 aromatic heterocycles. The van der Waals surface area contributed by atoms with Gasteiger partial charge >= 0.3 is 0 Å². The summed E-state index contributed by atoms with van der Waals surface area (Å²) in [4.78, 5) is 27.8. The first-order valence-electron chi connectivity index (χ1n) is 20.4. The van der Waals surface area contributed by atoms with Crippen LogP contribution in [0.25, 0.3) is 11.4 Å². The molecule has 9 heteroatoms. The minimum absolute atomic E-state index is 0.0479. The van der Waals surface area contributed by atoms with Crippen molar-refractivity contribution in [2.24, 2.45) is 50.7 Å². The van der Waals surface area contributed by atoms with Crippen LogP contribution < -0.4 is 10.6 Å². The first kappa shape index (κ1) is 37.7. The van der Waals surface area contributed by atoms with E-state index in [0.29, 0.717) is 42.2 Å². The first-order valence-corrected chi connectivity index (χ1v) is 20.4. The molecule has 286 valence electrons. The van der Waals surface area contributed by atoms with Crippen molar-refractivity contribution in [3.63, 3.8) is 0 Å². The number of aliphatic hydroxyl groups excluding tert-OH is 1. The second kappa shape index (κ2) is 13.9. The van der Waals surface area contributed by atoms with Gasteiger partial charge in [-0.15, -0.1) is 10.2 Å². The average Bonchev–Trinajstić information content (AvgIpc) is 3.69. The molecule has 0 spiro atoms. The number of tetrazole rings is 1. The molecule has 8 unspecified atom stereocenters. The molecule has 53 heavy (non-hydrogen) atoms. The highest BCUT2D eigenvalue weighted by Gasteiger charge is 2.69. The summed E-state index contributed by atoms with van der Waals surface area (Å²) in [5, 5.41) is 31.7. The summed E-state index contributed by atoms with van der Waals surface area (Å²) in [6, 6.07) is 15.3. The van der Waals surface area contributed by atoms with Gasteiger partial charge in [0.1, 0.15) is 0 Å². The zero-order chi connectivity index (χ0) is 37.8. The number of H-pyrrole nitrogens is 1. The number of nitrogens with zero attached hydrogens (tertiary/aromatic N) is 3. The van der Waals surface area contributed by atoms with E-state index in [4.69, 9.17) is 0 Å². The van der Waals surface area contributed by atoms with E-state index < -0.39 is 5.41 Å². The maximum absolute atomic E-state index is 14.5. The molecule has 4 aliphatic carbocycles. The van der Waals surface area contributed by atoms with E-state index in [0.717, 1.165) is 55.2 Å². The first-order chi connectivity index (χ1) is 25.2. The SMILES string of the molecule is CCCC1(C(=O)NCc2cccc(C(=O)NCc3cccc(-c4nn[nH]n4)c3)c2)CC[C@]2(C)C(CCC3C4(C)CCC(O)C(C)(C)C4CCC32C)C1C. The summed E-state index contributed by atoms with van der Waals surface area (Å²) in [5.41, 5.74) is 3.45. The van der Waals surface area contributed by atoms with E-state index in [-0.39, 0.29) is 45.5 Å². The number of hydrogen-bond donors (Lipinski definition) is 4. The van der Waals surface area contributed by atoms with Crippen LogP contribution in [0.5, 0.6) is 0 Å². The molecule has 4 N–H and O–H groups in total. The highest BCUT2D eigenvalue weighted by Crippen LogP contribution is 2.75. The third-order valence-electron chi connectivity index (χ3n) is 16.3. The predicted octanol–water partition coefficient (Wildman–Crippen LogP) is 8.27. The fraction of sp³-hybridized carbons (Fsp3) is 0.659. The van der Waals surface area contributed by atoms with Crippen LogP contribution in [0.15, 0.2) is 48.5 Å². The summed E-state index contributed by atoms with van der Waals surface area (Å²) >= 11 is 0. The average molecular weight is 723 g/mol. The van der Waals surface area contributed by atoms with E-state index in [1.54, 1.807) is 0 Å². The molecule has 0 aliphatic heterocycles. The maximum atomic E-state index is 14.5. The van der Waals surface area contributed by atoms with Crippen LogP contribution in [-0.4, -0.2) is 43.6 Å². The zero-order valence-corrected chi connectivity index (χ0v) is 33.1. The summed E-state index contributed by atoms with van der Waals surface area (Å²) in [5.74, 6) is 2.50. The van der Waals surface area contributed by atoms with Gasteiger partial charge in [-0.2, -0.15) is 5.21 Å². The molecule has 0 saturated heterocycles. The van der Waals surface area contributed by atoms with E-state index in [9.17, 15) is 14.7 Å². The van der Waals surface area contributed by atoms with Gasteiger partial charge in [0.05, 0.1) is 11.5 Å².